The number of carbonyl (C=O) groups is 1. The molecule has 0 saturated carbocycles. The Morgan fingerprint density at radius 3 is 2.84 bits per heavy atom. The van der Waals surface area contributed by atoms with E-state index in [1.54, 1.807) is 32.9 Å². The average Bonchev–Trinajstić information content (AvgIpc) is 2.86. The van der Waals surface area contributed by atoms with Gasteiger partial charge in [0.25, 0.3) is 0 Å². The summed E-state index contributed by atoms with van der Waals surface area (Å²) in [4.78, 5) is 11.5. The highest BCUT2D eigenvalue weighted by molar-refractivity contribution is 5.86. The van der Waals surface area contributed by atoms with Crippen molar-refractivity contribution in [3.8, 4) is 5.69 Å². The van der Waals surface area contributed by atoms with Crippen LogP contribution in [-0.4, -0.2) is 27.6 Å². The Bertz CT molecular complexity index is 622. The fourth-order valence-corrected chi connectivity index (χ4v) is 1.74. The lowest BCUT2D eigenvalue weighted by atomic mass is 10.1. The average molecular weight is 263 g/mol. The molecule has 1 heterocycles. The Morgan fingerprint density at radius 1 is 1.42 bits per heavy atom. The Labute approximate surface area is 110 Å². The van der Waals surface area contributed by atoms with Crippen molar-refractivity contribution in [2.45, 2.75) is 20.8 Å². The number of rotatable bonds is 3. The lowest BCUT2D eigenvalue weighted by Gasteiger charge is -2.07. The van der Waals surface area contributed by atoms with Crippen molar-refractivity contribution in [1.82, 2.24) is 15.0 Å². The third-order valence-electron chi connectivity index (χ3n) is 2.78. The molecule has 0 saturated heterocycles. The number of esters is 1. The molecular formula is C13H14FN3O2. The van der Waals surface area contributed by atoms with Gasteiger partial charge in [0.2, 0.25) is 0 Å². The number of hydrogen-bond acceptors (Lipinski definition) is 4. The van der Waals surface area contributed by atoms with Crippen LogP contribution in [0.5, 0.6) is 0 Å². The minimum Gasteiger partial charge on any atom is -0.461 e. The predicted molar refractivity (Wildman–Crippen MR) is 66.7 cm³/mol. The molecule has 0 aliphatic heterocycles. The SMILES string of the molecule is CCOC(=O)c1cn(-c2ccc(C)c(F)c2C)nn1. The zero-order chi connectivity index (χ0) is 14.0. The van der Waals surface area contributed by atoms with Gasteiger partial charge in [0.05, 0.1) is 18.5 Å². The van der Waals surface area contributed by atoms with Crippen LogP contribution in [0.4, 0.5) is 4.39 Å². The molecule has 6 heteroatoms. The number of carbonyl (C=O) groups excluding carboxylic acids is 1. The molecule has 5 nitrogen and oxygen atoms in total. The normalized spacial score (nSPS) is 10.5. The van der Waals surface area contributed by atoms with Crippen LogP contribution in [-0.2, 0) is 4.74 Å². The molecule has 0 aliphatic carbocycles. The van der Waals surface area contributed by atoms with Crippen LogP contribution in [0.2, 0.25) is 0 Å². The standard InChI is InChI=1S/C13H14FN3O2/c1-4-19-13(18)10-7-17(16-15-10)11-6-5-8(2)12(14)9(11)3/h5-7H,4H2,1-3H3. The number of halogens is 1. The molecule has 19 heavy (non-hydrogen) atoms. The molecular weight excluding hydrogens is 249 g/mol. The van der Waals surface area contributed by atoms with Crippen LogP contribution >= 0.6 is 0 Å². The van der Waals surface area contributed by atoms with Crippen LogP contribution in [0.3, 0.4) is 0 Å². The smallest absolute Gasteiger partial charge is 0.360 e. The van der Waals surface area contributed by atoms with Crippen molar-refractivity contribution in [3.05, 3.63) is 41.0 Å². The molecule has 0 aliphatic rings. The van der Waals surface area contributed by atoms with Gasteiger partial charge in [-0.05, 0) is 32.4 Å². The minimum absolute atomic E-state index is 0.0993. The largest absolute Gasteiger partial charge is 0.461 e. The van der Waals surface area contributed by atoms with E-state index in [9.17, 15) is 9.18 Å². The number of aryl methyl sites for hydroxylation is 1. The topological polar surface area (TPSA) is 57.0 Å². The summed E-state index contributed by atoms with van der Waals surface area (Å²) in [6.07, 6.45) is 1.43. The first-order valence-corrected chi connectivity index (χ1v) is 5.90. The lowest BCUT2D eigenvalue weighted by Crippen LogP contribution is -2.05. The van der Waals surface area contributed by atoms with E-state index in [0.29, 0.717) is 16.8 Å². The molecule has 0 fully saturated rings. The molecule has 0 atom stereocenters. The van der Waals surface area contributed by atoms with Crippen LogP contribution in [0.15, 0.2) is 18.3 Å². The van der Waals surface area contributed by atoms with Crippen LogP contribution in [0.25, 0.3) is 5.69 Å². The molecule has 1 aromatic carbocycles. The number of hydrogen-bond donors (Lipinski definition) is 0. The Balaban J connectivity index is 2.38. The fraction of sp³-hybridized carbons (Fsp3) is 0.308. The molecule has 1 aromatic heterocycles. The highest BCUT2D eigenvalue weighted by Crippen LogP contribution is 2.19. The minimum atomic E-state index is -0.543. The van der Waals surface area contributed by atoms with E-state index >= 15 is 0 Å². The summed E-state index contributed by atoms with van der Waals surface area (Å²) in [6.45, 7) is 5.33. The second kappa shape index (κ2) is 5.17. The Kier molecular flexibility index (Phi) is 3.59. The van der Waals surface area contributed by atoms with Gasteiger partial charge in [-0.1, -0.05) is 11.3 Å². The quantitative estimate of drug-likeness (QED) is 0.796. The summed E-state index contributed by atoms with van der Waals surface area (Å²) in [5.41, 5.74) is 1.67. The maximum Gasteiger partial charge on any atom is 0.360 e. The summed E-state index contributed by atoms with van der Waals surface area (Å²) in [5, 5.41) is 7.54. The van der Waals surface area contributed by atoms with Crippen molar-refractivity contribution in [2.24, 2.45) is 0 Å². The van der Waals surface area contributed by atoms with Gasteiger partial charge < -0.3 is 4.74 Å². The molecule has 2 aromatic rings. The van der Waals surface area contributed by atoms with Gasteiger partial charge in [-0.3, -0.25) is 0 Å². The number of aromatic nitrogens is 3. The van der Waals surface area contributed by atoms with E-state index < -0.39 is 5.97 Å². The van der Waals surface area contributed by atoms with Gasteiger partial charge in [0, 0.05) is 5.56 Å². The van der Waals surface area contributed by atoms with Gasteiger partial charge in [-0.25, -0.2) is 13.9 Å². The van der Waals surface area contributed by atoms with E-state index in [1.807, 2.05) is 0 Å². The Morgan fingerprint density at radius 2 is 2.16 bits per heavy atom. The zero-order valence-electron chi connectivity index (χ0n) is 11.0. The number of benzene rings is 1. The third kappa shape index (κ3) is 2.47. The van der Waals surface area contributed by atoms with Crippen molar-refractivity contribution < 1.29 is 13.9 Å². The van der Waals surface area contributed by atoms with E-state index in [0.717, 1.165) is 0 Å². The Hall–Kier alpha value is -2.24. The van der Waals surface area contributed by atoms with E-state index in [2.05, 4.69) is 10.3 Å². The summed E-state index contributed by atoms with van der Waals surface area (Å²) >= 11 is 0. The second-order valence-corrected chi connectivity index (χ2v) is 4.11. The fourth-order valence-electron chi connectivity index (χ4n) is 1.74. The summed E-state index contributed by atoms with van der Waals surface area (Å²) in [7, 11) is 0. The molecule has 100 valence electrons. The van der Waals surface area contributed by atoms with E-state index in [-0.39, 0.29) is 18.1 Å². The summed E-state index contributed by atoms with van der Waals surface area (Å²) in [5.74, 6) is -0.829. The van der Waals surface area contributed by atoms with Gasteiger partial charge in [-0.2, -0.15) is 0 Å². The zero-order valence-corrected chi connectivity index (χ0v) is 11.0. The van der Waals surface area contributed by atoms with Gasteiger partial charge in [0.1, 0.15) is 5.82 Å². The first-order valence-electron chi connectivity index (χ1n) is 5.90. The molecule has 2 rings (SSSR count). The molecule has 0 amide bonds. The highest BCUT2D eigenvalue weighted by Gasteiger charge is 2.14. The number of ether oxygens (including phenoxy) is 1. The summed E-state index contributed by atoms with van der Waals surface area (Å²) < 4.78 is 20.0. The van der Waals surface area contributed by atoms with E-state index in [1.165, 1.54) is 10.9 Å². The first-order chi connectivity index (χ1) is 9.04. The van der Waals surface area contributed by atoms with Crippen molar-refractivity contribution >= 4 is 5.97 Å². The second-order valence-electron chi connectivity index (χ2n) is 4.11. The third-order valence-corrected chi connectivity index (χ3v) is 2.78. The van der Waals surface area contributed by atoms with Crippen molar-refractivity contribution in [1.29, 1.82) is 0 Å². The highest BCUT2D eigenvalue weighted by atomic mass is 19.1. The maximum atomic E-state index is 13.8. The monoisotopic (exact) mass is 263 g/mol. The molecule has 0 spiro atoms. The number of nitrogens with zero attached hydrogens (tertiary/aromatic N) is 3. The maximum absolute atomic E-state index is 13.8. The summed E-state index contributed by atoms with van der Waals surface area (Å²) in [6, 6.07) is 3.39. The van der Waals surface area contributed by atoms with Crippen molar-refractivity contribution in [3.63, 3.8) is 0 Å². The molecule has 0 bridgehead atoms. The van der Waals surface area contributed by atoms with Crippen LogP contribution in [0, 0.1) is 19.7 Å². The van der Waals surface area contributed by atoms with Crippen LogP contribution in [0.1, 0.15) is 28.5 Å². The predicted octanol–water partition coefficient (Wildman–Crippen LogP) is 2.20. The molecule has 0 N–H and O–H groups in total. The first kappa shape index (κ1) is 13.2. The van der Waals surface area contributed by atoms with Crippen molar-refractivity contribution in [2.75, 3.05) is 6.61 Å². The molecule has 0 radical (unpaired) electrons. The molecule has 0 unspecified atom stereocenters. The van der Waals surface area contributed by atoms with Crippen LogP contribution < -0.4 is 0 Å². The van der Waals surface area contributed by atoms with Gasteiger partial charge >= 0.3 is 5.97 Å². The van der Waals surface area contributed by atoms with Gasteiger partial charge in [0.15, 0.2) is 5.69 Å². The lowest BCUT2D eigenvalue weighted by molar-refractivity contribution is 0.0519. The van der Waals surface area contributed by atoms with E-state index in [4.69, 9.17) is 4.74 Å². The van der Waals surface area contributed by atoms with Gasteiger partial charge in [-0.15, -0.1) is 5.10 Å².